The molecule has 0 heterocycles. The third-order valence-electron chi connectivity index (χ3n) is 7.04. The zero-order valence-electron chi connectivity index (χ0n) is 16.0. The normalized spacial score (nSPS) is 36.8. The molecule has 0 aromatic heterocycles. The Bertz CT molecular complexity index is 1030. The molecule has 29 heavy (non-hydrogen) atoms. The minimum atomic E-state index is -4.24. The first kappa shape index (κ1) is 21.0. The van der Waals surface area contributed by atoms with E-state index in [2.05, 4.69) is 0 Å². The van der Waals surface area contributed by atoms with E-state index in [0.29, 0.717) is 12.8 Å². The average molecular weight is 449 g/mol. The van der Waals surface area contributed by atoms with Crippen molar-refractivity contribution < 1.29 is 29.6 Å². The van der Waals surface area contributed by atoms with Gasteiger partial charge in [0.05, 0.1) is 0 Å². The Balaban J connectivity index is 1.62. The summed E-state index contributed by atoms with van der Waals surface area (Å²) in [5, 5.41) is 9.97. The molecule has 2 saturated carbocycles. The van der Waals surface area contributed by atoms with E-state index in [4.69, 9.17) is 18.6 Å². The van der Waals surface area contributed by atoms with Crippen molar-refractivity contribution in [2.75, 3.05) is 0 Å². The molecule has 162 valence electrons. The van der Waals surface area contributed by atoms with Crippen LogP contribution in [0.4, 0.5) is 4.39 Å². The van der Waals surface area contributed by atoms with Gasteiger partial charge in [0, 0.05) is 5.41 Å². The standard InChI is InChI=1S/C18H25FN2O6S2/c1-18-7-6-13-12-5-3-11(26-28(20,22)23)8-10(12)2-4-14(13)15(18)9-16(19)17(18)27-29(21,24)25/h3,5,8,13-17H,2,4,6-7,9H2,1H3,(H2,20,22,23)(H2,21,24,25)/t13?,14?,15?,16-,17+,18+/m1/s1. The molecule has 3 unspecified atom stereocenters. The van der Waals surface area contributed by atoms with Crippen LogP contribution in [-0.4, -0.2) is 29.1 Å². The monoisotopic (exact) mass is 448 g/mol. The summed E-state index contributed by atoms with van der Waals surface area (Å²) in [6, 6.07) is 5.14. The minimum Gasteiger partial charge on any atom is -0.371 e. The van der Waals surface area contributed by atoms with Gasteiger partial charge in [0.15, 0.2) is 0 Å². The number of halogens is 1. The molecule has 0 saturated heterocycles. The Morgan fingerprint density at radius 2 is 1.86 bits per heavy atom. The smallest absolute Gasteiger partial charge is 0.371 e. The molecule has 0 radical (unpaired) electrons. The summed E-state index contributed by atoms with van der Waals surface area (Å²) in [6.45, 7) is 1.90. The van der Waals surface area contributed by atoms with Crippen molar-refractivity contribution in [1.29, 1.82) is 0 Å². The van der Waals surface area contributed by atoms with Gasteiger partial charge in [-0.05, 0) is 73.1 Å². The Labute approximate surface area is 170 Å². The maximum Gasteiger partial charge on any atom is 0.380 e. The van der Waals surface area contributed by atoms with Gasteiger partial charge in [0.2, 0.25) is 0 Å². The lowest BCUT2D eigenvalue weighted by atomic mass is 9.55. The number of rotatable bonds is 4. The number of aryl methyl sites for hydroxylation is 1. The number of fused-ring (bicyclic) bond motifs is 5. The molecule has 0 spiro atoms. The molecule has 0 aliphatic heterocycles. The second-order valence-electron chi connectivity index (χ2n) is 8.66. The average Bonchev–Trinajstić information content (AvgIpc) is 2.83. The van der Waals surface area contributed by atoms with E-state index in [1.807, 2.05) is 13.0 Å². The molecule has 3 aliphatic rings. The van der Waals surface area contributed by atoms with E-state index in [1.165, 1.54) is 0 Å². The maximum absolute atomic E-state index is 14.8. The fraction of sp³-hybridized carbons (Fsp3) is 0.667. The Morgan fingerprint density at radius 1 is 1.14 bits per heavy atom. The quantitative estimate of drug-likeness (QED) is 0.718. The highest BCUT2D eigenvalue weighted by molar-refractivity contribution is 7.84. The molecule has 1 aromatic carbocycles. The molecule has 0 amide bonds. The summed E-state index contributed by atoms with van der Waals surface area (Å²) < 4.78 is 69.8. The second kappa shape index (κ2) is 6.88. The van der Waals surface area contributed by atoms with Gasteiger partial charge in [-0.2, -0.15) is 22.0 Å². The lowest BCUT2D eigenvalue weighted by molar-refractivity contribution is -0.0195. The molecular weight excluding hydrogens is 423 g/mol. The third kappa shape index (κ3) is 3.90. The fourth-order valence-corrected chi connectivity index (χ4v) is 6.99. The molecule has 3 aliphatic carbocycles. The van der Waals surface area contributed by atoms with Crippen molar-refractivity contribution in [3.8, 4) is 5.75 Å². The van der Waals surface area contributed by atoms with Gasteiger partial charge in [0.25, 0.3) is 0 Å². The highest BCUT2D eigenvalue weighted by Gasteiger charge is 2.60. The van der Waals surface area contributed by atoms with Gasteiger partial charge in [-0.25, -0.2) is 9.53 Å². The molecule has 4 N–H and O–H groups in total. The van der Waals surface area contributed by atoms with Crippen molar-refractivity contribution >= 4 is 20.6 Å². The highest BCUT2D eigenvalue weighted by atomic mass is 32.2. The van der Waals surface area contributed by atoms with Gasteiger partial charge in [-0.3, -0.25) is 4.18 Å². The van der Waals surface area contributed by atoms with Crippen molar-refractivity contribution in [2.24, 2.45) is 27.5 Å². The van der Waals surface area contributed by atoms with Crippen LogP contribution in [0.3, 0.4) is 0 Å². The van der Waals surface area contributed by atoms with E-state index in [9.17, 15) is 21.2 Å². The summed E-state index contributed by atoms with van der Waals surface area (Å²) >= 11 is 0. The van der Waals surface area contributed by atoms with E-state index >= 15 is 0 Å². The first-order chi connectivity index (χ1) is 13.4. The third-order valence-corrected chi connectivity index (χ3v) is 7.94. The highest BCUT2D eigenvalue weighted by Crippen LogP contribution is 2.62. The molecule has 6 atom stereocenters. The van der Waals surface area contributed by atoms with Gasteiger partial charge >= 0.3 is 20.6 Å². The van der Waals surface area contributed by atoms with Crippen molar-refractivity contribution in [1.82, 2.24) is 0 Å². The minimum absolute atomic E-state index is 0.0171. The Morgan fingerprint density at radius 3 is 2.52 bits per heavy atom. The lowest BCUT2D eigenvalue weighted by Gasteiger charge is -2.50. The van der Waals surface area contributed by atoms with Crippen LogP contribution in [-0.2, 0) is 31.2 Å². The predicted octanol–water partition coefficient (Wildman–Crippen LogP) is 1.66. The summed E-state index contributed by atoms with van der Waals surface area (Å²) in [5.41, 5.74) is 1.51. The molecule has 0 bridgehead atoms. The molecular formula is C18H25FN2O6S2. The van der Waals surface area contributed by atoms with Gasteiger partial charge in [-0.1, -0.05) is 13.0 Å². The Kier molecular flexibility index (Phi) is 4.97. The Hall–Kier alpha value is -1.27. The van der Waals surface area contributed by atoms with Crippen LogP contribution in [0.15, 0.2) is 18.2 Å². The van der Waals surface area contributed by atoms with Crippen LogP contribution in [0, 0.1) is 17.3 Å². The SMILES string of the molecule is C[C@]12CCC3c4ccc(OS(N)(=O)=O)cc4CCC3C1C[C@@H](F)[C@@H]2OS(N)(=O)=O. The lowest BCUT2D eigenvalue weighted by Crippen LogP contribution is -2.46. The van der Waals surface area contributed by atoms with Gasteiger partial charge in [0.1, 0.15) is 18.0 Å². The van der Waals surface area contributed by atoms with Crippen LogP contribution in [0.1, 0.15) is 49.7 Å². The summed E-state index contributed by atoms with van der Waals surface area (Å²) in [4.78, 5) is 0. The van der Waals surface area contributed by atoms with Gasteiger partial charge < -0.3 is 4.18 Å². The van der Waals surface area contributed by atoms with Crippen molar-refractivity contribution in [3.63, 3.8) is 0 Å². The molecule has 4 rings (SSSR count). The van der Waals surface area contributed by atoms with Crippen LogP contribution in [0.5, 0.6) is 5.75 Å². The van der Waals surface area contributed by atoms with E-state index in [1.54, 1.807) is 12.1 Å². The van der Waals surface area contributed by atoms with Crippen LogP contribution in [0.25, 0.3) is 0 Å². The summed E-state index contributed by atoms with van der Waals surface area (Å²) in [7, 11) is -8.33. The molecule has 2 fully saturated rings. The van der Waals surface area contributed by atoms with Crippen LogP contribution in [0.2, 0.25) is 0 Å². The van der Waals surface area contributed by atoms with Crippen LogP contribution >= 0.6 is 0 Å². The zero-order chi connectivity index (χ0) is 21.2. The number of nitrogens with two attached hydrogens (primary N) is 2. The first-order valence-corrected chi connectivity index (χ1v) is 12.5. The number of alkyl halides is 1. The number of hydrogen-bond donors (Lipinski definition) is 2. The maximum atomic E-state index is 14.8. The van der Waals surface area contributed by atoms with Gasteiger partial charge in [-0.15, -0.1) is 0 Å². The second-order valence-corrected chi connectivity index (χ2v) is 11.0. The number of hydrogen-bond acceptors (Lipinski definition) is 6. The van der Waals surface area contributed by atoms with E-state index < -0.39 is 38.3 Å². The van der Waals surface area contributed by atoms with E-state index in [0.717, 1.165) is 24.0 Å². The largest absolute Gasteiger partial charge is 0.380 e. The molecule has 8 nitrogen and oxygen atoms in total. The molecule has 11 heteroatoms. The number of benzene rings is 1. The first-order valence-electron chi connectivity index (χ1n) is 9.57. The zero-order valence-corrected chi connectivity index (χ0v) is 17.6. The van der Waals surface area contributed by atoms with Crippen molar-refractivity contribution in [3.05, 3.63) is 29.3 Å². The summed E-state index contributed by atoms with van der Waals surface area (Å²) in [5.74, 6) is 0.549. The molecule has 1 aromatic rings. The van der Waals surface area contributed by atoms with Crippen LogP contribution < -0.4 is 14.5 Å². The predicted molar refractivity (Wildman–Crippen MR) is 103 cm³/mol. The summed E-state index contributed by atoms with van der Waals surface area (Å²) in [6.07, 6.45) is 0.684. The fourth-order valence-electron chi connectivity index (χ4n) is 5.98. The topological polar surface area (TPSA) is 139 Å². The van der Waals surface area contributed by atoms with E-state index in [-0.39, 0.29) is 29.9 Å². The van der Waals surface area contributed by atoms with Crippen molar-refractivity contribution in [2.45, 2.75) is 57.2 Å².